The van der Waals surface area contributed by atoms with Crippen molar-refractivity contribution in [2.45, 2.75) is 31.0 Å². The van der Waals surface area contributed by atoms with Crippen LogP contribution in [0.5, 0.6) is 0 Å². The van der Waals surface area contributed by atoms with E-state index in [0.29, 0.717) is 0 Å². The molecule has 90 valence electrons. The first kappa shape index (κ1) is 11.5. The molecule has 2 aliphatic rings. The van der Waals surface area contributed by atoms with E-state index >= 15 is 0 Å². The van der Waals surface area contributed by atoms with E-state index < -0.39 is 30.7 Å². The fraction of sp³-hybridized carbons (Fsp3) is 0.700. The lowest BCUT2D eigenvalue weighted by atomic mass is 9.98. The van der Waals surface area contributed by atoms with Crippen molar-refractivity contribution in [3.63, 3.8) is 0 Å². The summed E-state index contributed by atoms with van der Waals surface area (Å²) >= 11 is 0. The van der Waals surface area contributed by atoms with Gasteiger partial charge in [0.2, 0.25) is 0 Å². The van der Waals surface area contributed by atoms with Crippen molar-refractivity contribution in [2.24, 2.45) is 4.99 Å². The van der Waals surface area contributed by atoms with Crippen molar-refractivity contribution in [1.82, 2.24) is 4.90 Å². The largest absolute Gasteiger partial charge is 0.394 e. The van der Waals surface area contributed by atoms with Gasteiger partial charge in [-0.3, -0.25) is 4.99 Å². The smallest absolute Gasteiger partial charge is 0.181 e. The number of allylic oxidation sites excluding steroid dienone is 1. The number of aliphatic imine (C=N–C) groups is 1. The summed E-state index contributed by atoms with van der Waals surface area (Å²) in [5.74, 6) is 0. The molecule has 1 fully saturated rings. The fourth-order valence-electron chi connectivity index (χ4n) is 1.98. The molecule has 16 heavy (non-hydrogen) atoms. The Hall–Kier alpha value is -0.980. The van der Waals surface area contributed by atoms with E-state index in [1.54, 1.807) is 23.4 Å². The molecule has 2 rings (SSSR count). The highest BCUT2D eigenvalue weighted by Gasteiger charge is 2.55. The Balaban J connectivity index is 2.16. The van der Waals surface area contributed by atoms with Crippen molar-refractivity contribution < 1.29 is 19.3 Å². The maximum Gasteiger partial charge on any atom is 0.181 e. The number of alkyl halides is 1. The van der Waals surface area contributed by atoms with Crippen molar-refractivity contribution in [3.05, 3.63) is 12.3 Å². The van der Waals surface area contributed by atoms with Crippen molar-refractivity contribution >= 4 is 6.21 Å². The van der Waals surface area contributed by atoms with Gasteiger partial charge in [-0.15, -0.1) is 0 Å². The number of halogens is 1. The zero-order valence-electron chi connectivity index (χ0n) is 8.95. The number of aliphatic hydroxyl groups excluding tert-OH is 2. The lowest BCUT2D eigenvalue weighted by molar-refractivity contribution is -0.0870. The molecule has 0 spiro atoms. The lowest BCUT2D eigenvalue weighted by Gasteiger charge is -2.32. The van der Waals surface area contributed by atoms with Gasteiger partial charge < -0.3 is 19.8 Å². The molecule has 0 aromatic carbocycles. The topological polar surface area (TPSA) is 65.3 Å². The number of hydrogen-bond donors (Lipinski definition) is 2. The molecular weight excluding hydrogens is 215 g/mol. The highest BCUT2D eigenvalue weighted by atomic mass is 19.1. The van der Waals surface area contributed by atoms with Crippen LogP contribution in [0.3, 0.4) is 0 Å². The SMILES string of the molecule is C[C@@]1(F)[C@H](O)[C@H](CO)O[C@H]1N1C=CC=NC1. The van der Waals surface area contributed by atoms with Crippen molar-refractivity contribution in [2.75, 3.05) is 13.3 Å². The van der Waals surface area contributed by atoms with E-state index in [2.05, 4.69) is 4.99 Å². The quantitative estimate of drug-likeness (QED) is 0.680. The van der Waals surface area contributed by atoms with Crippen molar-refractivity contribution in [3.8, 4) is 0 Å². The highest BCUT2D eigenvalue weighted by Crippen LogP contribution is 2.36. The van der Waals surface area contributed by atoms with Gasteiger partial charge in [0.25, 0.3) is 0 Å². The second-order valence-corrected chi connectivity index (χ2v) is 4.13. The van der Waals surface area contributed by atoms with Crippen LogP contribution in [0.4, 0.5) is 4.39 Å². The van der Waals surface area contributed by atoms with Gasteiger partial charge in [0.15, 0.2) is 11.9 Å². The average Bonchev–Trinajstić information content (AvgIpc) is 2.52. The molecule has 0 bridgehead atoms. The van der Waals surface area contributed by atoms with E-state index in [9.17, 15) is 9.50 Å². The second-order valence-electron chi connectivity index (χ2n) is 4.13. The molecule has 0 saturated carbocycles. The minimum absolute atomic E-state index is 0.283. The third-order valence-corrected chi connectivity index (χ3v) is 2.91. The van der Waals surface area contributed by atoms with E-state index in [1.807, 2.05) is 0 Å². The number of aliphatic hydroxyl groups is 2. The van der Waals surface area contributed by atoms with Crippen LogP contribution < -0.4 is 0 Å². The van der Waals surface area contributed by atoms with Crippen LogP contribution in [0.1, 0.15) is 6.92 Å². The van der Waals surface area contributed by atoms with E-state index in [1.165, 1.54) is 6.92 Å². The van der Waals surface area contributed by atoms with Crippen LogP contribution in [0.2, 0.25) is 0 Å². The molecular formula is C10H15FN2O3. The number of ether oxygens (including phenoxy) is 1. The summed E-state index contributed by atoms with van der Waals surface area (Å²) in [5, 5.41) is 18.6. The van der Waals surface area contributed by atoms with Gasteiger partial charge in [0.05, 0.1) is 6.61 Å². The Morgan fingerprint density at radius 2 is 2.44 bits per heavy atom. The third kappa shape index (κ3) is 1.73. The van der Waals surface area contributed by atoms with Crippen LogP contribution >= 0.6 is 0 Å². The summed E-state index contributed by atoms with van der Waals surface area (Å²) in [6.07, 6.45) is 1.79. The summed E-state index contributed by atoms with van der Waals surface area (Å²) in [6, 6.07) is 0. The molecule has 0 radical (unpaired) electrons. The van der Waals surface area contributed by atoms with Gasteiger partial charge in [-0.25, -0.2) is 4.39 Å². The number of rotatable bonds is 2. The zero-order chi connectivity index (χ0) is 11.8. The van der Waals surface area contributed by atoms with Gasteiger partial charge in [-0.2, -0.15) is 0 Å². The minimum atomic E-state index is -1.93. The summed E-state index contributed by atoms with van der Waals surface area (Å²) in [6.45, 7) is 1.15. The molecule has 1 saturated heterocycles. The molecule has 5 nitrogen and oxygen atoms in total. The third-order valence-electron chi connectivity index (χ3n) is 2.91. The molecule has 6 heteroatoms. The molecule has 0 unspecified atom stereocenters. The fourth-order valence-corrected chi connectivity index (χ4v) is 1.98. The molecule has 4 atom stereocenters. The first-order chi connectivity index (χ1) is 7.57. The lowest BCUT2D eigenvalue weighted by Crippen LogP contribution is -2.48. The molecule has 0 aromatic heterocycles. The number of nitrogens with zero attached hydrogens (tertiary/aromatic N) is 2. The van der Waals surface area contributed by atoms with Crippen LogP contribution in [-0.4, -0.2) is 58.7 Å². The van der Waals surface area contributed by atoms with Gasteiger partial charge in [-0.1, -0.05) is 0 Å². The Bertz CT molecular complexity index is 319. The predicted octanol–water partition coefficient (Wildman–Crippen LogP) is -0.350. The normalized spacial score (nSPS) is 43.0. The maximum atomic E-state index is 14.3. The Morgan fingerprint density at radius 3 is 2.94 bits per heavy atom. The van der Waals surface area contributed by atoms with E-state index in [-0.39, 0.29) is 6.67 Å². The van der Waals surface area contributed by atoms with Gasteiger partial charge in [-0.05, 0) is 13.0 Å². The first-order valence-electron chi connectivity index (χ1n) is 5.13. The van der Waals surface area contributed by atoms with Gasteiger partial charge in [0, 0.05) is 12.4 Å². The monoisotopic (exact) mass is 230 g/mol. The van der Waals surface area contributed by atoms with Crippen LogP contribution in [0, 0.1) is 0 Å². The summed E-state index contributed by atoms with van der Waals surface area (Å²) < 4.78 is 19.6. The number of hydrogen-bond acceptors (Lipinski definition) is 5. The predicted molar refractivity (Wildman–Crippen MR) is 55.6 cm³/mol. The first-order valence-corrected chi connectivity index (χ1v) is 5.13. The molecule has 2 N–H and O–H groups in total. The van der Waals surface area contributed by atoms with Gasteiger partial charge in [0.1, 0.15) is 18.9 Å². The second kappa shape index (κ2) is 4.12. The van der Waals surface area contributed by atoms with Gasteiger partial charge >= 0.3 is 0 Å². The van der Waals surface area contributed by atoms with Crippen LogP contribution in [0.25, 0.3) is 0 Å². The van der Waals surface area contributed by atoms with Crippen LogP contribution in [-0.2, 0) is 4.74 Å². The molecule has 2 aliphatic heterocycles. The molecule has 0 aromatic rings. The molecule has 2 heterocycles. The Kier molecular flexibility index (Phi) is 2.96. The molecule has 0 aliphatic carbocycles. The standard InChI is InChI=1S/C10H15FN2O3/c1-10(11)8(15)7(5-14)16-9(10)13-4-2-3-12-6-13/h2-4,7-9,14-15H,5-6H2,1H3/t7-,8+,9+,10+/m0/s1. The van der Waals surface area contributed by atoms with Crippen molar-refractivity contribution in [1.29, 1.82) is 0 Å². The minimum Gasteiger partial charge on any atom is -0.394 e. The average molecular weight is 230 g/mol. The Morgan fingerprint density at radius 1 is 1.69 bits per heavy atom. The molecule has 0 amide bonds. The highest BCUT2D eigenvalue weighted by molar-refractivity contribution is 5.71. The zero-order valence-corrected chi connectivity index (χ0v) is 8.95. The van der Waals surface area contributed by atoms with Crippen LogP contribution in [0.15, 0.2) is 17.3 Å². The summed E-state index contributed by atoms with van der Waals surface area (Å²) in [7, 11) is 0. The Labute approximate surface area is 92.8 Å². The van der Waals surface area contributed by atoms with E-state index in [0.717, 1.165) is 0 Å². The van der Waals surface area contributed by atoms with E-state index in [4.69, 9.17) is 9.84 Å². The summed E-state index contributed by atoms with van der Waals surface area (Å²) in [5.41, 5.74) is -1.93. The summed E-state index contributed by atoms with van der Waals surface area (Å²) in [4.78, 5) is 5.52. The maximum absolute atomic E-state index is 14.3.